The number of halogens is 1. The van der Waals surface area contributed by atoms with Crippen molar-refractivity contribution in [2.75, 3.05) is 13.7 Å². The Balaban J connectivity index is 1.74. The molecule has 0 aromatic heterocycles. The third-order valence-corrected chi connectivity index (χ3v) is 4.77. The molecule has 1 aliphatic rings. The molecular formula is C20H20ClNO5. The van der Waals surface area contributed by atoms with Crippen molar-refractivity contribution >= 4 is 23.5 Å². The molecule has 7 heteroatoms. The minimum atomic E-state index is -0.976. The van der Waals surface area contributed by atoms with Crippen LogP contribution in [-0.4, -0.2) is 41.6 Å². The molecule has 142 valence electrons. The Kier molecular flexibility index (Phi) is 5.86. The monoisotopic (exact) mass is 389 g/mol. The molecule has 0 aliphatic carbocycles. The maximum absolute atomic E-state index is 12.7. The highest BCUT2D eigenvalue weighted by Crippen LogP contribution is 2.30. The summed E-state index contributed by atoms with van der Waals surface area (Å²) in [6, 6.07) is 11.4. The van der Waals surface area contributed by atoms with E-state index in [-0.39, 0.29) is 5.91 Å². The summed E-state index contributed by atoms with van der Waals surface area (Å²) in [5, 5.41) is 9.93. The molecule has 0 unspecified atom stereocenters. The zero-order valence-corrected chi connectivity index (χ0v) is 15.6. The molecule has 1 saturated heterocycles. The number of nitrogens with zero attached hydrogens (tertiary/aromatic N) is 1. The van der Waals surface area contributed by atoms with Gasteiger partial charge in [0.2, 0.25) is 0 Å². The zero-order chi connectivity index (χ0) is 19.4. The Morgan fingerprint density at radius 1 is 1.19 bits per heavy atom. The number of amides is 1. The molecule has 0 bridgehead atoms. The first kappa shape index (κ1) is 19.0. The number of benzene rings is 2. The van der Waals surface area contributed by atoms with Gasteiger partial charge in [-0.3, -0.25) is 4.79 Å². The van der Waals surface area contributed by atoms with Crippen LogP contribution in [0.25, 0.3) is 0 Å². The average Bonchev–Trinajstić information content (AvgIpc) is 3.17. The van der Waals surface area contributed by atoms with Gasteiger partial charge in [-0.2, -0.15) is 0 Å². The van der Waals surface area contributed by atoms with Gasteiger partial charge in [0.1, 0.15) is 12.6 Å². The molecule has 2 aromatic carbocycles. The molecule has 1 fully saturated rings. The second kappa shape index (κ2) is 8.31. The van der Waals surface area contributed by atoms with E-state index in [1.807, 2.05) is 12.1 Å². The van der Waals surface area contributed by atoms with E-state index in [4.69, 9.17) is 21.1 Å². The molecule has 0 spiro atoms. The minimum Gasteiger partial charge on any atom is -0.493 e. The van der Waals surface area contributed by atoms with E-state index >= 15 is 0 Å². The maximum atomic E-state index is 12.7. The summed E-state index contributed by atoms with van der Waals surface area (Å²) >= 11 is 5.87. The van der Waals surface area contributed by atoms with E-state index in [0.29, 0.717) is 48.1 Å². The van der Waals surface area contributed by atoms with Gasteiger partial charge in [0.05, 0.1) is 7.11 Å². The van der Waals surface area contributed by atoms with Gasteiger partial charge in [-0.15, -0.1) is 0 Å². The van der Waals surface area contributed by atoms with Gasteiger partial charge in [-0.1, -0.05) is 23.7 Å². The van der Waals surface area contributed by atoms with Crippen LogP contribution in [0.1, 0.15) is 28.8 Å². The number of methoxy groups -OCH3 is 1. The number of carboxylic acids is 1. The van der Waals surface area contributed by atoms with Crippen molar-refractivity contribution < 1.29 is 24.2 Å². The second-order valence-corrected chi connectivity index (χ2v) is 6.71. The second-order valence-electron chi connectivity index (χ2n) is 6.28. The lowest BCUT2D eigenvalue weighted by molar-refractivity contribution is -0.141. The van der Waals surface area contributed by atoms with Gasteiger partial charge >= 0.3 is 5.97 Å². The van der Waals surface area contributed by atoms with Crippen LogP contribution in [0.15, 0.2) is 42.5 Å². The largest absolute Gasteiger partial charge is 0.493 e. The van der Waals surface area contributed by atoms with Crippen LogP contribution < -0.4 is 9.47 Å². The fourth-order valence-electron chi connectivity index (χ4n) is 3.09. The lowest BCUT2D eigenvalue weighted by Crippen LogP contribution is -2.40. The lowest BCUT2D eigenvalue weighted by atomic mass is 10.1. The van der Waals surface area contributed by atoms with E-state index in [1.54, 1.807) is 30.3 Å². The van der Waals surface area contributed by atoms with Crippen LogP contribution in [0.4, 0.5) is 0 Å². The van der Waals surface area contributed by atoms with Crippen molar-refractivity contribution in [3.8, 4) is 11.5 Å². The number of hydrogen-bond acceptors (Lipinski definition) is 4. The van der Waals surface area contributed by atoms with Gasteiger partial charge in [0.15, 0.2) is 11.5 Å². The summed E-state index contributed by atoms with van der Waals surface area (Å²) in [5.41, 5.74) is 1.32. The summed E-state index contributed by atoms with van der Waals surface area (Å²) in [6.45, 7) is 0.765. The number of aliphatic carboxylic acids is 1. The standard InChI is InChI=1S/C20H20ClNO5/c1-26-18-11-14(19(23)22-10-2-3-16(22)20(24)25)6-9-17(18)27-12-13-4-7-15(21)8-5-13/h4-9,11,16H,2-3,10,12H2,1H3,(H,24,25)/t16-/m1/s1. The van der Waals surface area contributed by atoms with Gasteiger partial charge in [-0.05, 0) is 48.7 Å². The number of ether oxygens (including phenoxy) is 2. The molecule has 1 atom stereocenters. The molecule has 1 aliphatic heterocycles. The number of carbonyl (C=O) groups excluding carboxylic acids is 1. The molecule has 3 rings (SSSR count). The Morgan fingerprint density at radius 2 is 1.93 bits per heavy atom. The number of carbonyl (C=O) groups is 2. The summed E-state index contributed by atoms with van der Waals surface area (Å²) in [5.74, 6) is -0.376. The smallest absolute Gasteiger partial charge is 0.326 e. The van der Waals surface area contributed by atoms with Crippen molar-refractivity contribution in [3.05, 3.63) is 58.6 Å². The number of carboxylic acid groups (broad SMARTS) is 1. The van der Waals surface area contributed by atoms with Gasteiger partial charge in [0.25, 0.3) is 5.91 Å². The SMILES string of the molecule is COc1cc(C(=O)N2CCC[C@@H]2C(=O)O)ccc1OCc1ccc(Cl)cc1. The van der Waals surface area contributed by atoms with E-state index < -0.39 is 12.0 Å². The first-order chi connectivity index (χ1) is 13.0. The van der Waals surface area contributed by atoms with Crippen LogP contribution in [0.3, 0.4) is 0 Å². The van der Waals surface area contributed by atoms with E-state index in [1.165, 1.54) is 12.0 Å². The maximum Gasteiger partial charge on any atom is 0.326 e. The van der Waals surface area contributed by atoms with Crippen molar-refractivity contribution in [3.63, 3.8) is 0 Å². The average molecular weight is 390 g/mol. The van der Waals surface area contributed by atoms with E-state index in [9.17, 15) is 14.7 Å². The zero-order valence-electron chi connectivity index (χ0n) is 14.9. The normalized spacial score (nSPS) is 16.2. The predicted molar refractivity (Wildman–Crippen MR) is 100 cm³/mol. The molecule has 27 heavy (non-hydrogen) atoms. The van der Waals surface area contributed by atoms with Gasteiger partial charge < -0.3 is 19.5 Å². The van der Waals surface area contributed by atoms with Gasteiger partial charge in [0, 0.05) is 17.1 Å². The fraction of sp³-hybridized carbons (Fsp3) is 0.300. The molecule has 1 heterocycles. The number of hydrogen-bond donors (Lipinski definition) is 1. The van der Waals surface area contributed by atoms with E-state index in [2.05, 4.69) is 0 Å². The molecule has 1 N–H and O–H groups in total. The Bertz CT molecular complexity index is 837. The molecule has 6 nitrogen and oxygen atoms in total. The third-order valence-electron chi connectivity index (χ3n) is 4.52. The Labute approximate surface area is 162 Å². The van der Waals surface area contributed by atoms with Crippen LogP contribution in [0.5, 0.6) is 11.5 Å². The topological polar surface area (TPSA) is 76.1 Å². The quantitative estimate of drug-likeness (QED) is 0.816. The fourth-order valence-corrected chi connectivity index (χ4v) is 3.22. The molecule has 1 amide bonds. The predicted octanol–water partition coefficient (Wildman–Crippen LogP) is 3.62. The first-order valence-electron chi connectivity index (χ1n) is 8.58. The minimum absolute atomic E-state index is 0.317. The highest BCUT2D eigenvalue weighted by atomic mass is 35.5. The summed E-state index contributed by atoms with van der Waals surface area (Å²) in [6.07, 6.45) is 1.16. The van der Waals surface area contributed by atoms with Gasteiger partial charge in [-0.25, -0.2) is 4.79 Å². The van der Waals surface area contributed by atoms with Crippen LogP contribution in [0.2, 0.25) is 5.02 Å². The van der Waals surface area contributed by atoms with E-state index in [0.717, 1.165) is 5.56 Å². The Morgan fingerprint density at radius 3 is 2.59 bits per heavy atom. The number of rotatable bonds is 6. The van der Waals surface area contributed by atoms with Crippen molar-refractivity contribution in [1.82, 2.24) is 4.90 Å². The molecule has 0 saturated carbocycles. The van der Waals surface area contributed by atoms with Crippen molar-refractivity contribution in [2.24, 2.45) is 0 Å². The third kappa shape index (κ3) is 4.34. The van der Waals surface area contributed by atoms with Crippen LogP contribution in [-0.2, 0) is 11.4 Å². The molecule has 2 aromatic rings. The van der Waals surface area contributed by atoms with Crippen LogP contribution in [0, 0.1) is 0 Å². The van der Waals surface area contributed by atoms with Crippen molar-refractivity contribution in [2.45, 2.75) is 25.5 Å². The summed E-state index contributed by atoms with van der Waals surface area (Å²) in [7, 11) is 1.49. The first-order valence-corrected chi connectivity index (χ1v) is 8.96. The highest BCUT2D eigenvalue weighted by molar-refractivity contribution is 6.30. The Hall–Kier alpha value is -2.73. The summed E-state index contributed by atoms with van der Waals surface area (Å²) in [4.78, 5) is 25.4. The summed E-state index contributed by atoms with van der Waals surface area (Å²) < 4.78 is 11.1. The highest BCUT2D eigenvalue weighted by Gasteiger charge is 2.34. The molecular weight excluding hydrogens is 370 g/mol. The van der Waals surface area contributed by atoms with Crippen LogP contribution >= 0.6 is 11.6 Å². The van der Waals surface area contributed by atoms with Crippen molar-refractivity contribution in [1.29, 1.82) is 0 Å². The molecule has 0 radical (unpaired) electrons. The lowest BCUT2D eigenvalue weighted by Gasteiger charge is -2.22. The number of likely N-dealkylation sites (tertiary alicyclic amines) is 1.